The number of anilines is 1. The van der Waals surface area contributed by atoms with Crippen LogP contribution in [0.1, 0.15) is 13.3 Å². The average Bonchev–Trinajstić information content (AvgIpc) is 2.51. The summed E-state index contributed by atoms with van der Waals surface area (Å²) in [5, 5.41) is 3.57. The Morgan fingerprint density at radius 3 is 3.00 bits per heavy atom. The predicted octanol–water partition coefficient (Wildman–Crippen LogP) is 2.33. The van der Waals surface area contributed by atoms with Gasteiger partial charge >= 0.3 is 0 Å². The van der Waals surface area contributed by atoms with E-state index >= 15 is 0 Å². The zero-order valence-electron chi connectivity index (χ0n) is 9.11. The summed E-state index contributed by atoms with van der Waals surface area (Å²) >= 11 is 7.49. The number of likely N-dealkylation sites (N-methyl/N-ethyl adjacent to an activating group) is 1. The van der Waals surface area contributed by atoms with Crippen LogP contribution >= 0.6 is 22.9 Å². The molecule has 0 spiro atoms. The van der Waals surface area contributed by atoms with E-state index in [0.29, 0.717) is 11.2 Å². The fraction of sp³-hybridized carbons (Fsp3) is 0.700. The maximum absolute atomic E-state index is 5.86. The van der Waals surface area contributed by atoms with Gasteiger partial charge < -0.3 is 9.80 Å². The summed E-state index contributed by atoms with van der Waals surface area (Å²) in [6.07, 6.45) is 1.19. The number of rotatable bonds is 1. The number of thiazole rings is 1. The van der Waals surface area contributed by atoms with E-state index in [1.54, 1.807) is 11.3 Å². The molecule has 0 aliphatic carbocycles. The van der Waals surface area contributed by atoms with Gasteiger partial charge in [-0.15, -0.1) is 11.3 Å². The zero-order chi connectivity index (χ0) is 10.8. The molecule has 0 radical (unpaired) electrons. The second-order valence-electron chi connectivity index (χ2n) is 4.11. The van der Waals surface area contributed by atoms with Gasteiger partial charge in [-0.1, -0.05) is 11.6 Å². The van der Waals surface area contributed by atoms with E-state index in [9.17, 15) is 0 Å². The van der Waals surface area contributed by atoms with Gasteiger partial charge in [0, 0.05) is 24.5 Å². The van der Waals surface area contributed by atoms with Crippen LogP contribution in [-0.4, -0.2) is 42.6 Å². The average molecular weight is 246 g/mol. The summed E-state index contributed by atoms with van der Waals surface area (Å²) in [5.74, 6) is 0. The first-order valence-electron chi connectivity index (χ1n) is 5.23. The van der Waals surface area contributed by atoms with Gasteiger partial charge in [0.1, 0.15) is 5.15 Å². The molecule has 0 saturated carbocycles. The van der Waals surface area contributed by atoms with E-state index in [0.717, 1.165) is 18.2 Å². The molecule has 0 N–H and O–H groups in total. The molecule has 1 aliphatic rings. The quantitative estimate of drug-likeness (QED) is 0.757. The Balaban J connectivity index is 2.13. The first-order chi connectivity index (χ1) is 7.16. The molecule has 2 rings (SSSR count). The molecule has 1 unspecified atom stereocenters. The van der Waals surface area contributed by atoms with Gasteiger partial charge in [-0.2, -0.15) is 0 Å². The summed E-state index contributed by atoms with van der Waals surface area (Å²) in [6, 6.07) is 0.514. The van der Waals surface area contributed by atoms with Crippen molar-refractivity contribution in [1.29, 1.82) is 0 Å². The van der Waals surface area contributed by atoms with Crippen LogP contribution in [0, 0.1) is 0 Å². The molecule has 1 atom stereocenters. The van der Waals surface area contributed by atoms with E-state index in [1.807, 2.05) is 5.38 Å². The van der Waals surface area contributed by atoms with Crippen molar-refractivity contribution in [2.45, 2.75) is 19.4 Å². The lowest BCUT2D eigenvalue weighted by Gasteiger charge is -2.27. The van der Waals surface area contributed by atoms with Crippen LogP contribution in [0.25, 0.3) is 0 Å². The first kappa shape index (κ1) is 11.2. The number of nitrogens with zero attached hydrogens (tertiary/aromatic N) is 3. The van der Waals surface area contributed by atoms with Crippen molar-refractivity contribution in [3.05, 3.63) is 10.5 Å². The van der Waals surface area contributed by atoms with Crippen molar-refractivity contribution >= 4 is 28.1 Å². The second-order valence-corrected chi connectivity index (χ2v) is 5.33. The third-order valence-electron chi connectivity index (χ3n) is 2.76. The third-order valence-corrected chi connectivity index (χ3v) is 3.96. The Hall–Kier alpha value is -0.320. The van der Waals surface area contributed by atoms with E-state index in [2.05, 4.69) is 28.8 Å². The minimum absolute atomic E-state index is 0.514. The Morgan fingerprint density at radius 1 is 1.53 bits per heavy atom. The molecule has 1 fully saturated rings. The highest BCUT2D eigenvalue weighted by atomic mass is 35.5. The summed E-state index contributed by atoms with van der Waals surface area (Å²) in [4.78, 5) is 9.08. The van der Waals surface area contributed by atoms with Crippen molar-refractivity contribution in [3.63, 3.8) is 0 Å². The monoisotopic (exact) mass is 245 g/mol. The molecule has 0 bridgehead atoms. The van der Waals surface area contributed by atoms with Crippen LogP contribution in [-0.2, 0) is 0 Å². The van der Waals surface area contributed by atoms with Crippen molar-refractivity contribution < 1.29 is 0 Å². The minimum atomic E-state index is 0.514. The zero-order valence-corrected chi connectivity index (χ0v) is 10.7. The normalized spacial score (nSPS) is 24.2. The maximum Gasteiger partial charge on any atom is 0.187 e. The maximum atomic E-state index is 5.86. The van der Waals surface area contributed by atoms with Crippen LogP contribution < -0.4 is 4.90 Å². The van der Waals surface area contributed by atoms with Crippen molar-refractivity contribution in [1.82, 2.24) is 9.88 Å². The molecule has 1 aromatic heterocycles. The van der Waals surface area contributed by atoms with Gasteiger partial charge in [0.05, 0.1) is 0 Å². The van der Waals surface area contributed by atoms with Crippen LogP contribution in [0.2, 0.25) is 5.15 Å². The van der Waals surface area contributed by atoms with Gasteiger partial charge in [0.15, 0.2) is 5.13 Å². The molecule has 0 aromatic carbocycles. The van der Waals surface area contributed by atoms with Crippen molar-refractivity contribution in [2.75, 3.05) is 31.6 Å². The third kappa shape index (κ3) is 2.62. The Morgan fingerprint density at radius 2 is 2.33 bits per heavy atom. The molecule has 5 heteroatoms. The molecule has 1 saturated heterocycles. The van der Waals surface area contributed by atoms with Gasteiger partial charge in [-0.3, -0.25) is 0 Å². The number of aromatic nitrogens is 1. The molecular weight excluding hydrogens is 230 g/mol. The number of hydrogen-bond acceptors (Lipinski definition) is 4. The topological polar surface area (TPSA) is 19.4 Å². The fourth-order valence-electron chi connectivity index (χ4n) is 2.03. The van der Waals surface area contributed by atoms with Crippen molar-refractivity contribution in [2.24, 2.45) is 0 Å². The lowest BCUT2D eigenvalue weighted by atomic mass is 10.3. The molecule has 1 aliphatic heterocycles. The summed E-state index contributed by atoms with van der Waals surface area (Å²) in [6.45, 7) is 5.59. The molecule has 84 valence electrons. The molecule has 0 amide bonds. The SMILES string of the molecule is CC1CN(C)CCCN1c1nc(Cl)cs1. The number of hydrogen-bond donors (Lipinski definition) is 0. The predicted molar refractivity (Wildman–Crippen MR) is 66.0 cm³/mol. The highest BCUT2D eigenvalue weighted by Gasteiger charge is 2.21. The fourth-order valence-corrected chi connectivity index (χ4v) is 3.11. The number of halogens is 1. The lowest BCUT2D eigenvalue weighted by molar-refractivity contribution is 0.337. The van der Waals surface area contributed by atoms with Crippen molar-refractivity contribution in [3.8, 4) is 0 Å². The van der Waals surface area contributed by atoms with Gasteiger partial charge in [-0.05, 0) is 26.9 Å². The van der Waals surface area contributed by atoms with Gasteiger partial charge in [-0.25, -0.2) is 4.98 Å². The standard InChI is InChI=1S/C10H16ClN3S/c1-8-6-13(2)4-3-5-14(8)10-12-9(11)7-15-10/h7-8H,3-6H2,1-2H3. The second kappa shape index (κ2) is 4.68. The van der Waals surface area contributed by atoms with Crippen LogP contribution in [0.3, 0.4) is 0 Å². The molecule has 1 aromatic rings. The molecule has 3 nitrogen and oxygen atoms in total. The highest BCUT2D eigenvalue weighted by molar-refractivity contribution is 7.14. The molecule has 15 heavy (non-hydrogen) atoms. The van der Waals surface area contributed by atoms with E-state index in [4.69, 9.17) is 11.6 Å². The highest BCUT2D eigenvalue weighted by Crippen LogP contribution is 2.26. The summed E-state index contributed by atoms with van der Waals surface area (Å²) in [7, 11) is 2.18. The summed E-state index contributed by atoms with van der Waals surface area (Å²) < 4.78 is 0. The Kier molecular flexibility index (Phi) is 3.49. The largest absolute Gasteiger partial charge is 0.344 e. The Labute approximate surface area is 99.7 Å². The smallest absolute Gasteiger partial charge is 0.187 e. The van der Waals surface area contributed by atoms with E-state index in [-0.39, 0.29) is 0 Å². The Bertz CT molecular complexity index is 328. The molecular formula is C10H16ClN3S. The van der Waals surface area contributed by atoms with Crippen LogP contribution in [0.5, 0.6) is 0 Å². The lowest BCUT2D eigenvalue weighted by Crippen LogP contribution is -2.37. The van der Waals surface area contributed by atoms with Gasteiger partial charge in [0.25, 0.3) is 0 Å². The molecule has 2 heterocycles. The first-order valence-corrected chi connectivity index (χ1v) is 6.49. The van der Waals surface area contributed by atoms with Gasteiger partial charge in [0.2, 0.25) is 0 Å². The van der Waals surface area contributed by atoms with Crippen LogP contribution in [0.15, 0.2) is 5.38 Å². The van der Waals surface area contributed by atoms with E-state index in [1.165, 1.54) is 13.0 Å². The van der Waals surface area contributed by atoms with Crippen LogP contribution in [0.4, 0.5) is 5.13 Å². The minimum Gasteiger partial charge on any atom is -0.344 e. The summed E-state index contributed by atoms with van der Waals surface area (Å²) in [5.41, 5.74) is 0. The van der Waals surface area contributed by atoms with E-state index < -0.39 is 0 Å².